The number of amides is 1. The molecule has 0 saturated heterocycles. The first-order valence-corrected chi connectivity index (χ1v) is 8.08. The number of nitrogens with one attached hydrogen (secondary N) is 1. The second kappa shape index (κ2) is 5.43. The lowest BCUT2D eigenvalue weighted by Gasteiger charge is -2.08. The summed E-state index contributed by atoms with van der Waals surface area (Å²) in [6, 6.07) is 9.91. The maximum Gasteiger partial charge on any atom is 0.341 e. The normalized spacial score (nSPS) is 11.5. The molecule has 3 rings (SSSR count). The maximum absolute atomic E-state index is 12.2. The third-order valence-electron chi connectivity index (χ3n) is 3.01. The minimum Gasteiger partial charge on any atom is -0.252 e. The van der Waals surface area contributed by atoms with Gasteiger partial charge in [-0.25, -0.2) is 22.9 Å². The van der Waals surface area contributed by atoms with Crippen LogP contribution in [0.2, 0.25) is 5.02 Å². The molecule has 0 aliphatic rings. The molecule has 112 valence electrons. The number of carbonyl (C=O) groups excluding carboxylic acids is 1. The quantitative estimate of drug-likeness (QED) is 0.780. The Morgan fingerprint density at radius 3 is 2.59 bits per heavy atom. The van der Waals surface area contributed by atoms with Crippen LogP contribution in [-0.2, 0) is 10.0 Å². The molecular formula is C14H10ClN3O3S. The van der Waals surface area contributed by atoms with Crippen LogP contribution in [0.25, 0.3) is 11.0 Å². The number of sulfonamides is 1. The molecule has 0 radical (unpaired) electrons. The molecule has 0 bridgehead atoms. The van der Waals surface area contributed by atoms with Crippen LogP contribution in [0.4, 0.5) is 4.79 Å². The van der Waals surface area contributed by atoms with E-state index in [9.17, 15) is 13.2 Å². The van der Waals surface area contributed by atoms with Crippen molar-refractivity contribution in [2.45, 2.75) is 4.90 Å². The fourth-order valence-corrected chi connectivity index (χ4v) is 3.03. The zero-order valence-electron chi connectivity index (χ0n) is 11.1. The molecule has 0 unspecified atom stereocenters. The number of hydrogen-bond donors (Lipinski definition) is 1. The van der Waals surface area contributed by atoms with Gasteiger partial charge < -0.3 is 0 Å². The van der Waals surface area contributed by atoms with Gasteiger partial charge in [-0.1, -0.05) is 11.6 Å². The first-order valence-electron chi connectivity index (χ1n) is 6.22. The van der Waals surface area contributed by atoms with Crippen molar-refractivity contribution in [3.8, 4) is 0 Å². The van der Waals surface area contributed by atoms with E-state index in [2.05, 4.69) is 4.98 Å². The van der Waals surface area contributed by atoms with Crippen molar-refractivity contribution in [3.05, 3.63) is 59.9 Å². The third-order valence-corrected chi connectivity index (χ3v) is 4.60. The van der Waals surface area contributed by atoms with E-state index in [1.165, 1.54) is 36.7 Å². The number of carbonyl (C=O) groups is 1. The molecule has 1 aromatic carbocycles. The van der Waals surface area contributed by atoms with Crippen molar-refractivity contribution in [2.75, 3.05) is 0 Å². The molecule has 0 spiro atoms. The van der Waals surface area contributed by atoms with Gasteiger partial charge in [0.2, 0.25) is 0 Å². The highest BCUT2D eigenvalue weighted by Crippen LogP contribution is 2.15. The van der Waals surface area contributed by atoms with Crippen LogP contribution in [0.1, 0.15) is 0 Å². The van der Waals surface area contributed by atoms with Crippen LogP contribution in [0.15, 0.2) is 59.8 Å². The minimum absolute atomic E-state index is 0.0466. The number of benzene rings is 1. The molecule has 8 heteroatoms. The number of hydrogen-bond acceptors (Lipinski definition) is 4. The Labute approximate surface area is 131 Å². The lowest BCUT2D eigenvalue weighted by Crippen LogP contribution is -2.33. The van der Waals surface area contributed by atoms with E-state index in [1.54, 1.807) is 18.2 Å². The second-order valence-electron chi connectivity index (χ2n) is 4.47. The molecule has 0 aliphatic heterocycles. The van der Waals surface area contributed by atoms with Crippen molar-refractivity contribution in [3.63, 3.8) is 0 Å². The van der Waals surface area contributed by atoms with E-state index in [0.717, 1.165) is 9.95 Å². The fourth-order valence-electron chi connectivity index (χ4n) is 1.97. The smallest absolute Gasteiger partial charge is 0.252 e. The monoisotopic (exact) mass is 335 g/mol. The molecule has 2 aromatic heterocycles. The van der Waals surface area contributed by atoms with E-state index in [-0.39, 0.29) is 4.90 Å². The Bertz CT molecular complexity index is 949. The summed E-state index contributed by atoms with van der Waals surface area (Å²) in [4.78, 5) is 16.2. The summed E-state index contributed by atoms with van der Waals surface area (Å²) in [5.41, 5.74) is 0.381. The molecular weight excluding hydrogens is 326 g/mol. The Balaban J connectivity index is 1.92. The van der Waals surface area contributed by atoms with Crippen LogP contribution < -0.4 is 4.72 Å². The van der Waals surface area contributed by atoms with E-state index in [1.807, 2.05) is 4.72 Å². The van der Waals surface area contributed by atoms with Crippen molar-refractivity contribution in [1.82, 2.24) is 14.3 Å². The molecule has 2 heterocycles. The third kappa shape index (κ3) is 2.68. The molecule has 0 fully saturated rings. The Morgan fingerprint density at radius 2 is 1.86 bits per heavy atom. The van der Waals surface area contributed by atoms with Gasteiger partial charge >= 0.3 is 6.03 Å². The molecule has 1 amide bonds. The van der Waals surface area contributed by atoms with Crippen molar-refractivity contribution in [2.24, 2.45) is 0 Å². The lowest BCUT2D eigenvalue weighted by atomic mass is 10.3. The number of fused-ring (bicyclic) bond motifs is 1. The standard InChI is InChI=1S/C14H10ClN3O3S/c15-11-3-5-12(6-4-11)22(20,21)17-14(19)18-9-7-10-2-1-8-16-13(10)18/h1-9H,(H,17,19). The highest BCUT2D eigenvalue weighted by molar-refractivity contribution is 7.90. The first-order chi connectivity index (χ1) is 10.5. The maximum atomic E-state index is 12.2. The molecule has 1 N–H and O–H groups in total. The molecule has 6 nitrogen and oxygen atoms in total. The number of aromatic nitrogens is 2. The summed E-state index contributed by atoms with van der Waals surface area (Å²) < 4.78 is 27.5. The van der Waals surface area contributed by atoms with Gasteiger partial charge in [0.05, 0.1) is 4.90 Å². The zero-order chi connectivity index (χ0) is 15.7. The molecule has 0 atom stereocenters. The van der Waals surface area contributed by atoms with Gasteiger partial charge in [0.15, 0.2) is 0 Å². The Hall–Kier alpha value is -2.38. The summed E-state index contributed by atoms with van der Waals surface area (Å²) in [6.07, 6.45) is 2.99. The predicted octanol–water partition coefficient (Wildman–Crippen LogP) is 2.64. The highest BCUT2D eigenvalue weighted by atomic mass is 35.5. The number of nitrogens with zero attached hydrogens (tertiary/aromatic N) is 2. The number of pyridine rings is 1. The van der Waals surface area contributed by atoms with Crippen molar-refractivity contribution in [1.29, 1.82) is 0 Å². The van der Waals surface area contributed by atoms with E-state index in [0.29, 0.717) is 10.7 Å². The molecule has 0 aliphatic carbocycles. The molecule has 22 heavy (non-hydrogen) atoms. The van der Waals surface area contributed by atoms with Crippen LogP contribution >= 0.6 is 11.6 Å². The SMILES string of the molecule is O=C(NS(=O)(=O)c1ccc(Cl)cc1)n1ccc2cccnc21. The van der Waals surface area contributed by atoms with Crippen molar-refractivity contribution < 1.29 is 13.2 Å². The van der Waals surface area contributed by atoms with Gasteiger partial charge in [-0.15, -0.1) is 0 Å². The van der Waals surface area contributed by atoms with E-state index < -0.39 is 16.1 Å². The second-order valence-corrected chi connectivity index (χ2v) is 6.59. The van der Waals surface area contributed by atoms with Gasteiger partial charge in [0.25, 0.3) is 10.0 Å². The van der Waals surface area contributed by atoms with Crippen molar-refractivity contribution >= 4 is 38.7 Å². The van der Waals surface area contributed by atoms with Gasteiger partial charge in [-0.2, -0.15) is 0 Å². The van der Waals surface area contributed by atoms with E-state index >= 15 is 0 Å². The summed E-state index contributed by atoms with van der Waals surface area (Å²) >= 11 is 5.72. The number of rotatable bonds is 2. The summed E-state index contributed by atoms with van der Waals surface area (Å²) in [5, 5.41) is 1.15. The highest BCUT2D eigenvalue weighted by Gasteiger charge is 2.19. The zero-order valence-corrected chi connectivity index (χ0v) is 12.7. The lowest BCUT2D eigenvalue weighted by molar-refractivity contribution is 0.248. The summed E-state index contributed by atoms with van der Waals surface area (Å²) in [5.74, 6) is 0. The van der Waals surface area contributed by atoms with E-state index in [4.69, 9.17) is 11.6 Å². The average molecular weight is 336 g/mol. The predicted molar refractivity (Wildman–Crippen MR) is 82.3 cm³/mol. The van der Waals surface area contributed by atoms with Crippen LogP contribution in [-0.4, -0.2) is 24.0 Å². The van der Waals surface area contributed by atoms with Crippen LogP contribution in [0, 0.1) is 0 Å². The van der Waals surface area contributed by atoms with Gasteiger partial charge in [0.1, 0.15) is 5.65 Å². The molecule has 3 aromatic rings. The van der Waals surface area contributed by atoms with Crippen LogP contribution in [0.5, 0.6) is 0 Å². The first kappa shape index (κ1) is 14.6. The van der Waals surface area contributed by atoms with Gasteiger partial charge in [-0.05, 0) is 42.5 Å². The minimum atomic E-state index is -3.98. The average Bonchev–Trinajstić information content (AvgIpc) is 2.91. The Kier molecular flexibility index (Phi) is 3.59. The number of halogens is 1. The summed E-state index contributed by atoms with van der Waals surface area (Å²) in [6.45, 7) is 0. The largest absolute Gasteiger partial charge is 0.341 e. The van der Waals surface area contributed by atoms with Crippen LogP contribution in [0.3, 0.4) is 0 Å². The molecule has 0 saturated carbocycles. The Morgan fingerprint density at radius 1 is 1.14 bits per heavy atom. The van der Waals surface area contributed by atoms with Gasteiger partial charge in [-0.3, -0.25) is 4.57 Å². The summed E-state index contributed by atoms with van der Waals surface area (Å²) in [7, 11) is -3.98. The topological polar surface area (TPSA) is 81.1 Å². The van der Waals surface area contributed by atoms with Gasteiger partial charge in [0, 0.05) is 22.8 Å². The fraction of sp³-hybridized carbons (Fsp3) is 0.